The van der Waals surface area contributed by atoms with Crippen LogP contribution in [0, 0.1) is 11.3 Å². The third-order valence-electron chi connectivity index (χ3n) is 3.70. The van der Waals surface area contributed by atoms with Crippen LogP contribution in [0.4, 0.5) is 24.0 Å². The number of carbonyl (C=O) groups is 1. The number of alkyl halides is 3. The molecule has 0 aliphatic rings. The fourth-order valence-corrected chi connectivity index (χ4v) is 3.74. The fraction of sp³-hybridized carbons (Fsp3) is 0.111. The number of aldehydes is 1. The minimum atomic E-state index is -4.51. The van der Waals surface area contributed by atoms with E-state index in [0.717, 1.165) is 12.3 Å². The lowest BCUT2D eigenvalue weighted by molar-refractivity contribution is -0.141. The molecule has 0 aliphatic heterocycles. The van der Waals surface area contributed by atoms with E-state index >= 15 is 0 Å². The first-order valence-corrected chi connectivity index (χ1v) is 9.34. The first-order valence-electron chi connectivity index (χ1n) is 7.73. The maximum atomic E-state index is 12.7. The Morgan fingerprint density at radius 2 is 1.93 bits per heavy atom. The number of hydrogen-bond acceptors (Lipinski definition) is 6. The van der Waals surface area contributed by atoms with E-state index in [1.54, 1.807) is 29.2 Å². The number of anilines is 2. The van der Waals surface area contributed by atoms with Crippen LogP contribution < -0.4 is 4.90 Å². The summed E-state index contributed by atoms with van der Waals surface area (Å²) in [5, 5.41) is 9.43. The fourth-order valence-electron chi connectivity index (χ4n) is 2.34. The molecule has 0 saturated carbocycles. The number of thiazole rings is 1. The molecule has 0 amide bonds. The Kier molecular flexibility index (Phi) is 5.76. The largest absolute Gasteiger partial charge is 0.433 e. The van der Waals surface area contributed by atoms with Gasteiger partial charge in [-0.15, -0.1) is 0 Å². The van der Waals surface area contributed by atoms with Gasteiger partial charge in [0.25, 0.3) is 0 Å². The van der Waals surface area contributed by atoms with Crippen molar-refractivity contribution in [1.82, 2.24) is 9.97 Å². The molecule has 3 rings (SSSR count). The zero-order valence-electron chi connectivity index (χ0n) is 13.9. The van der Waals surface area contributed by atoms with Gasteiger partial charge in [-0.05, 0) is 51.8 Å². The van der Waals surface area contributed by atoms with Crippen molar-refractivity contribution in [2.75, 3.05) is 4.90 Å². The number of rotatable bonds is 5. The van der Waals surface area contributed by atoms with Gasteiger partial charge in [-0.25, -0.2) is 4.98 Å². The number of nitriles is 1. The molecule has 0 spiro atoms. The van der Waals surface area contributed by atoms with E-state index in [4.69, 9.17) is 5.26 Å². The molecule has 2 aromatic heterocycles. The molecule has 0 aliphatic carbocycles. The molecule has 0 unspecified atom stereocenters. The zero-order chi connectivity index (χ0) is 20.3. The van der Waals surface area contributed by atoms with E-state index in [-0.39, 0.29) is 12.2 Å². The van der Waals surface area contributed by atoms with Crippen molar-refractivity contribution in [3.05, 3.63) is 68.9 Å². The molecule has 5 nitrogen and oxygen atoms in total. The summed E-state index contributed by atoms with van der Waals surface area (Å²) >= 11 is 4.49. The molecule has 0 radical (unpaired) electrons. The summed E-state index contributed by atoms with van der Waals surface area (Å²) in [6, 6.07) is 10.9. The topological polar surface area (TPSA) is 69.9 Å². The van der Waals surface area contributed by atoms with Crippen LogP contribution in [0.15, 0.2) is 46.4 Å². The summed E-state index contributed by atoms with van der Waals surface area (Å²) in [7, 11) is 0. The number of carbonyl (C=O) groups excluding carboxylic acids is 1. The number of benzene rings is 1. The maximum absolute atomic E-state index is 12.7. The highest BCUT2D eigenvalue weighted by molar-refractivity contribution is 9.11. The van der Waals surface area contributed by atoms with Crippen LogP contribution in [0.2, 0.25) is 0 Å². The average molecular weight is 467 g/mol. The van der Waals surface area contributed by atoms with Gasteiger partial charge in [0.05, 0.1) is 18.2 Å². The van der Waals surface area contributed by atoms with Gasteiger partial charge in [-0.2, -0.15) is 18.4 Å². The minimum absolute atomic E-state index is 0.176. The Hall–Kier alpha value is -2.77. The number of halogens is 4. The molecule has 0 atom stereocenters. The predicted molar refractivity (Wildman–Crippen MR) is 101 cm³/mol. The highest BCUT2D eigenvalue weighted by atomic mass is 79.9. The van der Waals surface area contributed by atoms with Crippen molar-refractivity contribution in [1.29, 1.82) is 5.26 Å². The van der Waals surface area contributed by atoms with Crippen LogP contribution in [0.25, 0.3) is 0 Å². The summed E-state index contributed by atoms with van der Waals surface area (Å²) in [5.41, 5.74) is 0.910. The molecule has 1 aromatic carbocycles. The van der Waals surface area contributed by atoms with Crippen LogP contribution in [0.3, 0.4) is 0 Å². The maximum Gasteiger partial charge on any atom is 0.433 e. The van der Waals surface area contributed by atoms with Crippen molar-refractivity contribution in [3.63, 3.8) is 0 Å². The molecule has 0 bridgehead atoms. The smallest absolute Gasteiger partial charge is 0.313 e. The SMILES string of the molecule is N#Cc1ccc(N(Cc2ccc(C(F)(F)F)nc2)c2nc(C=O)c(Br)s2)cc1. The standard InChI is InChI=1S/C18H10BrF3N4OS/c19-16-14(10-27)25-17(28-16)26(13-4-1-11(7-23)2-5-13)9-12-3-6-15(24-8-12)18(20,21)22/h1-6,8,10H,9H2. The molecule has 28 heavy (non-hydrogen) atoms. The summed E-state index contributed by atoms with van der Waals surface area (Å²) < 4.78 is 38.7. The Morgan fingerprint density at radius 1 is 1.21 bits per heavy atom. The van der Waals surface area contributed by atoms with Crippen molar-refractivity contribution in [3.8, 4) is 6.07 Å². The van der Waals surface area contributed by atoms with E-state index in [9.17, 15) is 18.0 Å². The van der Waals surface area contributed by atoms with Gasteiger partial charge in [0.2, 0.25) is 0 Å². The van der Waals surface area contributed by atoms with E-state index < -0.39 is 11.9 Å². The molecular weight excluding hydrogens is 457 g/mol. The number of hydrogen-bond donors (Lipinski definition) is 0. The second-order valence-electron chi connectivity index (χ2n) is 5.57. The van der Waals surface area contributed by atoms with Crippen LogP contribution >= 0.6 is 27.3 Å². The number of aromatic nitrogens is 2. The van der Waals surface area contributed by atoms with Crippen LogP contribution in [-0.2, 0) is 12.7 Å². The monoisotopic (exact) mass is 466 g/mol. The van der Waals surface area contributed by atoms with Crippen molar-refractivity contribution >= 4 is 44.4 Å². The van der Waals surface area contributed by atoms with E-state index in [1.165, 1.54) is 17.4 Å². The van der Waals surface area contributed by atoms with Gasteiger partial charge < -0.3 is 4.90 Å². The van der Waals surface area contributed by atoms with E-state index in [0.29, 0.717) is 32.0 Å². The lowest BCUT2D eigenvalue weighted by atomic mass is 10.2. The Balaban J connectivity index is 1.98. The lowest BCUT2D eigenvalue weighted by Gasteiger charge is -2.22. The van der Waals surface area contributed by atoms with Gasteiger partial charge in [-0.3, -0.25) is 9.78 Å². The molecule has 10 heteroatoms. The highest BCUT2D eigenvalue weighted by Gasteiger charge is 2.32. The Morgan fingerprint density at radius 3 is 2.43 bits per heavy atom. The molecular formula is C18H10BrF3N4OS. The molecule has 0 saturated heterocycles. The van der Waals surface area contributed by atoms with Crippen LogP contribution in [-0.4, -0.2) is 16.3 Å². The Labute approximate surface area is 170 Å². The van der Waals surface area contributed by atoms with E-state index in [2.05, 4.69) is 25.9 Å². The van der Waals surface area contributed by atoms with Crippen LogP contribution in [0.1, 0.15) is 27.3 Å². The van der Waals surface area contributed by atoms with Crippen molar-refractivity contribution in [2.45, 2.75) is 12.7 Å². The summed E-state index contributed by atoms with van der Waals surface area (Å²) in [4.78, 5) is 20.6. The molecule has 3 aromatic rings. The lowest BCUT2D eigenvalue weighted by Crippen LogP contribution is -2.17. The predicted octanol–water partition coefficient (Wildman–Crippen LogP) is 5.34. The second-order valence-corrected chi connectivity index (χ2v) is 7.86. The Bertz CT molecular complexity index is 1030. The third kappa shape index (κ3) is 4.37. The normalized spacial score (nSPS) is 11.1. The summed E-state index contributed by atoms with van der Waals surface area (Å²) in [5.74, 6) is 0. The molecule has 0 fully saturated rings. The molecule has 0 N–H and O–H groups in total. The first-order chi connectivity index (χ1) is 13.3. The molecule has 2 heterocycles. The van der Waals surface area contributed by atoms with Gasteiger partial charge >= 0.3 is 6.18 Å². The zero-order valence-corrected chi connectivity index (χ0v) is 16.3. The van der Waals surface area contributed by atoms with Gasteiger partial charge in [-0.1, -0.05) is 17.4 Å². The van der Waals surface area contributed by atoms with E-state index in [1.807, 2.05) is 6.07 Å². The second kappa shape index (κ2) is 8.08. The van der Waals surface area contributed by atoms with Gasteiger partial charge in [0.15, 0.2) is 11.4 Å². The van der Waals surface area contributed by atoms with Gasteiger partial charge in [0, 0.05) is 11.9 Å². The van der Waals surface area contributed by atoms with Gasteiger partial charge in [0.1, 0.15) is 15.2 Å². The summed E-state index contributed by atoms with van der Waals surface area (Å²) in [6.07, 6.45) is -2.74. The number of pyridine rings is 1. The third-order valence-corrected chi connectivity index (χ3v) is 5.48. The van der Waals surface area contributed by atoms with Crippen LogP contribution in [0.5, 0.6) is 0 Å². The van der Waals surface area contributed by atoms with Crippen molar-refractivity contribution in [2.24, 2.45) is 0 Å². The summed E-state index contributed by atoms with van der Waals surface area (Å²) in [6.45, 7) is 0.176. The minimum Gasteiger partial charge on any atom is -0.313 e. The van der Waals surface area contributed by atoms with Crippen molar-refractivity contribution < 1.29 is 18.0 Å². The average Bonchev–Trinajstić information content (AvgIpc) is 3.06. The quantitative estimate of drug-likeness (QED) is 0.474. The number of nitrogens with zero attached hydrogens (tertiary/aromatic N) is 4. The first kappa shape index (κ1) is 20.0. The molecule has 142 valence electrons. The highest BCUT2D eigenvalue weighted by Crippen LogP contribution is 2.36.